The predicted octanol–water partition coefficient (Wildman–Crippen LogP) is 4.67. The van der Waals surface area contributed by atoms with E-state index in [-0.39, 0.29) is 16.7 Å². The number of benzene rings is 2. The smallest absolute Gasteiger partial charge is 0.295 e. The number of hydrogen-bond donors (Lipinski definition) is 1. The Kier molecular flexibility index (Phi) is 7.51. The van der Waals surface area contributed by atoms with E-state index in [1.165, 1.54) is 0 Å². The molecule has 0 aliphatic carbocycles. The summed E-state index contributed by atoms with van der Waals surface area (Å²) in [6.45, 7) is 9.38. The van der Waals surface area contributed by atoms with Crippen molar-refractivity contribution < 1.29 is 19.4 Å². The van der Waals surface area contributed by atoms with Crippen LogP contribution < -0.4 is 4.74 Å². The second-order valence-electron chi connectivity index (χ2n) is 10.2. The minimum atomic E-state index is -0.685. The van der Waals surface area contributed by atoms with E-state index in [1.807, 2.05) is 68.4 Å². The minimum absolute atomic E-state index is 0.122. The second-order valence-corrected chi connectivity index (χ2v) is 10.2. The third kappa shape index (κ3) is 5.17. The van der Waals surface area contributed by atoms with Gasteiger partial charge in [-0.05, 0) is 74.3 Å². The fraction of sp³-hybridized carbons (Fsp3) is 0.429. The number of aryl methyl sites for hydroxylation is 1. The highest BCUT2D eigenvalue weighted by atomic mass is 16.5. The standard InChI is InChI=1S/C28H36N2O4/c1-18-12-13-20(28(2,3)4)17-22(18)25(31)23-24(19-10-8-11-21(16-19)34-7)30(27(33)26(23)32)15-9-14-29(5)6/h8,10-13,16-17,24,31H,9,14-15H2,1-7H3/b25-23+. The van der Waals surface area contributed by atoms with Crippen LogP contribution in [0, 0.1) is 6.92 Å². The first kappa shape index (κ1) is 25.5. The first-order chi connectivity index (χ1) is 16.0. The molecule has 0 bridgehead atoms. The van der Waals surface area contributed by atoms with E-state index in [2.05, 4.69) is 20.8 Å². The number of rotatable bonds is 7. The van der Waals surface area contributed by atoms with Crippen molar-refractivity contribution in [3.63, 3.8) is 0 Å². The summed E-state index contributed by atoms with van der Waals surface area (Å²) in [5.41, 5.74) is 3.18. The molecule has 1 aliphatic heterocycles. The number of carbonyl (C=O) groups is 2. The molecule has 6 heteroatoms. The third-order valence-corrected chi connectivity index (χ3v) is 6.31. The van der Waals surface area contributed by atoms with Gasteiger partial charge in [0.15, 0.2) is 0 Å². The van der Waals surface area contributed by atoms with Crippen molar-refractivity contribution >= 4 is 17.4 Å². The van der Waals surface area contributed by atoms with Crippen molar-refractivity contribution in [3.8, 4) is 5.75 Å². The van der Waals surface area contributed by atoms with Gasteiger partial charge in [0.25, 0.3) is 11.7 Å². The fourth-order valence-electron chi connectivity index (χ4n) is 4.31. The molecule has 3 rings (SSSR count). The van der Waals surface area contributed by atoms with Gasteiger partial charge in [-0.1, -0.05) is 45.0 Å². The predicted molar refractivity (Wildman–Crippen MR) is 135 cm³/mol. The van der Waals surface area contributed by atoms with Crippen LogP contribution in [-0.4, -0.2) is 60.9 Å². The van der Waals surface area contributed by atoms with E-state index in [0.717, 1.165) is 23.2 Å². The minimum Gasteiger partial charge on any atom is -0.507 e. The summed E-state index contributed by atoms with van der Waals surface area (Å²) in [7, 11) is 5.52. The Morgan fingerprint density at radius 1 is 1.12 bits per heavy atom. The van der Waals surface area contributed by atoms with Gasteiger partial charge >= 0.3 is 0 Å². The number of likely N-dealkylation sites (tertiary alicyclic amines) is 1. The third-order valence-electron chi connectivity index (χ3n) is 6.31. The van der Waals surface area contributed by atoms with Gasteiger partial charge in [0, 0.05) is 12.1 Å². The Labute approximate surface area is 202 Å². The van der Waals surface area contributed by atoms with Gasteiger partial charge in [-0.15, -0.1) is 0 Å². The summed E-state index contributed by atoms with van der Waals surface area (Å²) in [6, 6.07) is 12.6. The van der Waals surface area contributed by atoms with Crippen LogP contribution in [0.25, 0.3) is 5.76 Å². The molecule has 0 aromatic heterocycles. The lowest BCUT2D eigenvalue weighted by Crippen LogP contribution is -2.32. The van der Waals surface area contributed by atoms with Gasteiger partial charge in [-0.3, -0.25) is 9.59 Å². The molecule has 1 unspecified atom stereocenters. The average Bonchev–Trinajstić information content (AvgIpc) is 3.03. The molecule has 1 amide bonds. The van der Waals surface area contributed by atoms with Crippen LogP contribution in [0.2, 0.25) is 0 Å². The fourth-order valence-corrected chi connectivity index (χ4v) is 4.31. The van der Waals surface area contributed by atoms with Crippen LogP contribution in [0.4, 0.5) is 0 Å². The average molecular weight is 465 g/mol. The number of methoxy groups -OCH3 is 1. The summed E-state index contributed by atoms with van der Waals surface area (Å²) < 4.78 is 5.39. The molecule has 1 N–H and O–H groups in total. The molecule has 182 valence electrons. The normalized spacial score (nSPS) is 18.1. The van der Waals surface area contributed by atoms with Crippen molar-refractivity contribution in [2.24, 2.45) is 0 Å². The Morgan fingerprint density at radius 2 is 1.82 bits per heavy atom. The largest absolute Gasteiger partial charge is 0.507 e. The quantitative estimate of drug-likeness (QED) is 0.366. The summed E-state index contributed by atoms with van der Waals surface area (Å²) in [6.07, 6.45) is 0.707. The van der Waals surface area contributed by atoms with Crippen molar-refractivity contribution in [2.75, 3.05) is 34.3 Å². The first-order valence-corrected chi connectivity index (χ1v) is 11.6. The van der Waals surface area contributed by atoms with Gasteiger partial charge in [0.1, 0.15) is 11.5 Å². The number of Topliss-reactive ketones (excluding diaryl/α,β-unsaturated/α-hetero) is 1. The topological polar surface area (TPSA) is 70.1 Å². The molecule has 2 aromatic rings. The van der Waals surface area contributed by atoms with E-state index in [0.29, 0.717) is 24.3 Å². The summed E-state index contributed by atoms with van der Waals surface area (Å²) in [4.78, 5) is 30.1. The summed E-state index contributed by atoms with van der Waals surface area (Å²) >= 11 is 0. The first-order valence-electron chi connectivity index (χ1n) is 11.6. The lowest BCUT2D eigenvalue weighted by Gasteiger charge is -2.26. The van der Waals surface area contributed by atoms with Gasteiger partial charge < -0.3 is 19.6 Å². The number of ketones is 1. The van der Waals surface area contributed by atoms with Gasteiger partial charge in [0.2, 0.25) is 0 Å². The highest BCUT2D eigenvalue weighted by Gasteiger charge is 2.46. The van der Waals surface area contributed by atoms with E-state index >= 15 is 0 Å². The highest BCUT2D eigenvalue weighted by molar-refractivity contribution is 6.46. The lowest BCUT2D eigenvalue weighted by atomic mass is 9.84. The number of hydrogen-bond acceptors (Lipinski definition) is 5. The lowest BCUT2D eigenvalue weighted by molar-refractivity contribution is -0.139. The molecule has 0 saturated carbocycles. The molecule has 1 atom stereocenters. The number of amides is 1. The van der Waals surface area contributed by atoms with Crippen LogP contribution >= 0.6 is 0 Å². The van der Waals surface area contributed by atoms with Crippen LogP contribution in [0.3, 0.4) is 0 Å². The van der Waals surface area contributed by atoms with E-state index in [1.54, 1.807) is 12.0 Å². The molecule has 2 aromatic carbocycles. The molecule has 6 nitrogen and oxygen atoms in total. The molecule has 1 saturated heterocycles. The zero-order valence-corrected chi connectivity index (χ0v) is 21.3. The molecule has 1 fully saturated rings. The number of carbonyl (C=O) groups excluding carboxylic acids is 2. The summed E-state index contributed by atoms with van der Waals surface area (Å²) in [5, 5.41) is 11.5. The number of aliphatic hydroxyl groups excluding tert-OH is 1. The monoisotopic (exact) mass is 464 g/mol. The zero-order chi connectivity index (χ0) is 25.2. The maximum Gasteiger partial charge on any atom is 0.295 e. The Morgan fingerprint density at radius 3 is 2.44 bits per heavy atom. The number of ether oxygens (including phenoxy) is 1. The van der Waals surface area contributed by atoms with Gasteiger partial charge in [-0.2, -0.15) is 0 Å². The second kappa shape index (κ2) is 10.0. The molecule has 1 heterocycles. The molecule has 0 radical (unpaired) electrons. The van der Waals surface area contributed by atoms with Crippen molar-refractivity contribution in [1.29, 1.82) is 0 Å². The zero-order valence-electron chi connectivity index (χ0n) is 21.3. The van der Waals surface area contributed by atoms with Crippen molar-refractivity contribution in [3.05, 3.63) is 70.3 Å². The van der Waals surface area contributed by atoms with Crippen LogP contribution in [0.1, 0.15) is 55.5 Å². The van der Waals surface area contributed by atoms with Gasteiger partial charge in [-0.25, -0.2) is 0 Å². The van der Waals surface area contributed by atoms with E-state index < -0.39 is 17.7 Å². The highest BCUT2D eigenvalue weighted by Crippen LogP contribution is 2.41. The maximum atomic E-state index is 13.3. The SMILES string of the molecule is COc1cccc(C2/C(=C(\O)c3cc(C(C)(C)C)ccc3C)C(=O)C(=O)N2CCCN(C)C)c1. The van der Waals surface area contributed by atoms with E-state index in [9.17, 15) is 14.7 Å². The van der Waals surface area contributed by atoms with Crippen LogP contribution in [0.5, 0.6) is 5.75 Å². The molecule has 1 aliphatic rings. The van der Waals surface area contributed by atoms with Crippen LogP contribution in [-0.2, 0) is 15.0 Å². The Bertz CT molecular complexity index is 1110. The Hall–Kier alpha value is -3.12. The van der Waals surface area contributed by atoms with Crippen molar-refractivity contribution in [1.82, 2.24) is 9.80 Å². The van der Waals surface area contributed by atoms with Crippen LogP contribution in [0.15, 0.2) is 48.0 Å². The number of nitrogens with zero attached hydrogens (tertiary/aromatic N) is 2. The summed E-state index contributed by atoms with van der Waals surface area (Å²) in [5.74, 6) is -0.749. The Balaban J connectivity index is 2.19. The molecular formula is C28H36N2O4. The van der Waals surface area contributed by atoms with E-state index in [4.69, 9.17) is 4.74 Å². The molecule has 34 heavy (non-hydrogen) atoms. The molecule has 0 spiro atoms. The van der Waals surface area contributed by atoms with Gasteiger partial charge in [0.05, 0.1) is 18.7 Å². The maximum absolute atomic E-state index is 13.3. The number of aliphatic hydroxyl groups is 1. The molecular weight excluding hydrogens is 428 g/mol. The van der Waals surface area contributed by atoms with Crippen molar-refractivity contribution in [2.45, 2.75) is 45.6 Å².